The molecule has 3 fully saturated rings. The van der Waals surface area contributed by atoms with Crippen LogP contribution in [0.15, 0.2) is 12.7 Å². The Labute approximate surface area is 211 Å². The van der Waals surface area contributed by atoms with Crippen molar-refractivity contribution in [3.05, 3.63) is 12.7 Å². The topological polar surface area (TPSA) is 135 Å². The fourth-order valence-electron chi connectivity index (χ4n) is 5.78. The van der Waals surface area contributed by atoms with Crippen molar-refractivity contribution in [2.24, 2.45) is 5.92 Å². The van der Waals surface area contributed by atoms with Crippen LogP contribution < -0.4 is 5.73 Å². The molecule has 0 spiro atoms. The van der Waals surface area contributed by atoms with Crippen molar-refractivity contribution < 1.29 is 23.8 Å². The van der Waals surface area contributed by atoms with E-state index in [1.807, 2.05) is 18.4 Å². The molecule has 36 heavy (non-hydrogen) atoms. The van der Waals surface area contributed by atoms with Gasteiger partial charge in [0.1, 0.15) is 30.2 Å². The lowest BCUT2D eigenvalue weighted by Crippen LogP contribution is -2.52. The molecule has 5 rings (SSSR count). The summed E-state index contributed by atoms with van der Waals surface area (Å²) in [6.07, 6.45) is 9.09. The Morgan fingerprint density at radius 2 is 1.89 bits per heavy atom. The van der Waals surface area contributed by atoms with Crippen molar-refractivity contribution >= 4 is 23.1 Å². The van der Waals surface area contributed by atoms with Crippen LogP contribution in [0.5, 0.6) is 0 Å². The molecule has 2 aromatic heterocycles. The summed E-state index contributed by atoms with van der Waals surface area (Å²) in [7, 11) is 0. The highest BCUT2D eigenvalue weighted by molar-refractivity contribution is 5.81. The Morgan fingerprint density at radius 1 is 1.19 bits per heavy atom. The molecule has 2 aliphatic heterocycles. The van der Waals surface area contributed by atoms with E-state index in [2.05, 4.69) is 40.6 Å². The number of nitrogens with zero attached hydrogens (tertiary/aromatic N) is 5. The third-order valence-electron chi connectivity index (χ3n) is 7.49. The molecule has 1 aliphatic carbocycles. The van der Waals surface area contributed by atoms with Gasteiger partial charge in [0.05, 0.1) is 6.33 Å². The molecule has 0 unspecified atom stereocenters. The van der Waals surface area contributed by atoms with Gasteiger partial charge in [0, 0.05) is 18.6 Å². The van der Waals surface area contributed by atoms with Gasteiger partial charge < -0.3 is 19.9 Å². The second-order valence-electron chi connectivity index (χ2n) is 10.7. The predicted octanol–water partition coefficient (Wildman–Crippen LogP) is 2.92. The molecule has 1 saturated carbocycles. The van der Waals surface area contributed by atoms with Crippen molar-refractivity contribution in [3.63, 3.8) is 0 Å². The standard InChI is InChI=1S/C24H38N6O3.CO2/c1-6-7-8-15-9-16(10-15)29(14(2)3)11-17-19-20(33-24(4,5)32-19)23(31-17)30-13-28-18-21(25)26-12-27-22(18)30;2-1-3/h12-17,19-20,23H,6-11H2,1-5H3,(H2,25,26,27);/t15?,16?,17-,19-,20-,23-;/m1./s1. The van der Waals surface area contributed by atoms with Crippen LogP contribution in [-0.2, 0) is 23.8 Å². The summed E-state index contributed by atoms with van der Waals surface area (Å²) >= 11 is 0. The fraction of sp³-hybridized carbons (Fsp3) is 0.760. The molecule has 11 heteroatoms. The van der Waals surface area contributed by atoms with Crippen LogP contribution >= 0.6 is 0 Å². The maximum Gasteiger partial charge on any atom is 0.373 e. The summed E-state index contributed by atoms with van der Waals surface area (Å²) in [6, 6.07) is 1.06. The molecule has 0 amide bonds. The van der Waals surface area contributed by atoms with E-state index in [4.69, 9.17) is 29.5 Å². The van der Waals surface area contributed by atoms with Crippen molar-refractivity contribution in [1.82, 2.24) is 24.4 Å². The van der Waals surface area contributed by atoms with Crippen LogP contribution in [-0.4, -0.2) is 73.3 Å². The Hall–Kier alpha value is -2.43. The number of nitrogen functional groups attached to an aromatic ring is 1. The molecule has 4 atom stereocenters. The molecule has 3 aliphatic rings. The van der Waals surface area contributed by atoms with Gasteiger partial charge in [-0.2, -0.15) is 9.59 Å². The van der Waals surface area contributed by atoms with Gasteiger partial charge >= 0.3 is 6.15 Å². The molecular weight excluding hydrogens is 464 g/mol. The van der Waals surface area contributed by atoms with Gasteiger partial charge in [-0.05, 0) is 46.5 Å². The molecule has 198 valence electrons. The van der Waals surface area contributed by atoms with Crippen molar-refractivity contribution in [3.8, 4) is 0 Å². The molecule has 2 N–H and O–H groups in total. The lowest BCUT2D eigenvalue weighted by atomic mass is 9.76. The average Bonchev–Trinajstić information content (AvgIpc) is 3.44. The number of anilines is 1. The molecule has 0 bridgehead atoms. The molecule has 4 heterocycles. The average molecular weight is 503 g/mol. The van der Waals surface area contributed by atoms with Crippen LogP contribution in [0, 0.1) is 5.92 Å². The number of aromatic nitrogens is 4. The zero-order valence-corrected chi connectivity index (χ0v) is 21.8. The maximum absolute atomic E-state index is 8.12. The first-order valence-electron chi connectivity index (χ1n) is 12.9. The van der Waals surface area contributed by atoms with Gasteiger partial charge in [-0.1, -0.05) is 26.2 Å². The Morgan fingerprint density at radius 3 is 2.56 bits per heavy atom. The number of carbonyl (C=O) groups excluding carboxylic acids is 2. The quantitative estimate of drug-likeness (QED) is 0.574. The molecule has 2 saturated heterocycles. The SMILES string of the molecule is CCCCC1CC(N(C[C@H]2O[C@@H](n3cnc4c(N)ncnc43)[C@@H]3OC(C)(C)O[C@@H]32)C(C)C)C1.O=C=O. The zero-order chi connectivity index (χ0) is 26.0. The van der Waals surface area contributed by atoms with Crippen LogP contribution in [0.2, 0.25) is 0 Å². The minimum absolute atomic E-state index is 0.101. The highest BCUT2D eigenvalue weighted by atomic mass is 16.8. The van der Waals surface area contributed by atoms with E-state index in [1.54, 1.807) is 6.33 Å². The Bertz CT molecular complexity index is 1060. The van der Waals surface area contributed by atoms with Crippen molar-refractivity contribution in [1.29, 1.82) is 0 Å². The first-order valence-corrected chi connectivity index (χ1v) is 12.9. The number of unbranched alkanes of at least 4 members (excludes halogenated alkanes) is 1. The van der Waals surface area contributed by atoms with E-state index >= 15 is 0 Å². The Balaban J connectivity index is 0.000000967. The minimum Gasteiger partial charge on any atom is -0.382 e. The third kappa shape index (κ3) is 5.31. The highest BCUT2D eigenvalue weighted by Crippen LogP contribution is 2.45. The van der Waals surface area contributed by atoms with E-state index in [9.17, 15) is 0 Å². The van der Waals surface area contributed by atoms with Crippen LogP contribution in [0.4, 0.5) is 5.82 Å². The number of hydrogen-bond acceptors (Lipinski definition) is 10. The predicted molar refractivity (Wildman–Crippen MR) is 130 cm³/mol. The number of ether oxygens (including phenoxy) is 3. The summed E-state index contributed by atoms with van der Waals surface area (Å²) in [4.78, 5) is 31.8. The third-order valence-corrected chi connectivity index (χ3v) is 7.49. The van der Waals surface area contributed by atoms with E-state index in [-0.39, 0.29) is 30.7 Å². The van der Waals surface area contributed by atoms with E-state index in [0.29, 0.717) is 29.1 Å². The lowest BCUT2D eigenvalue weighted by molar-refractivity contribution is -0.199. The van der Waals surface area contributed by atoms with Gasteiger partial charge in [0.15, 0.2) is 23.5 Å². The lowest BCUT2D eigenvalue weighted by Gasteiger charge is -2.46. The summed E-state index contributed by atoms with van der Waals surface area (Å²) in [5, 5.41) is 0. The number of hydrogen-bond donors (Lipinski definition) is 1. The first-order chi connectivity index (χ1) is 17.2. The molecule has 0 radical (unpaired) electrons. The van der Waals surface area contributed by atoms with Gasteiger partial charge in [-0.15, -0.1) is 0 Å². The van der Waals surface area contributed by atoms with Crippen molar-refractivity contribution in [2.75, 3.05) is 12.3 Å². The number of nitrogens with two attached hydrogens (primary N) is 1. The second-order valence-corrected chi connectivity index (χ2v) is 10.7. The van der Waals surface area contributed by atoms with Gasteiger partial charge in [0.25, 0.3) is 0 Å². The second kappa shape index (κ2) is 10.9. The molecular formula is C25H38N6O5. The van der Waals surface area contributed by atoms with Gasteiger partial charge in [-0.25, -0.2) is 15.0 Å². The Kier molecular flexibility index (Phi) is 8.06. The van der Waals surface area contributed by atoms with E-state index in [0.717, 1.165) is 12.5 Å². The number of fused-ring (bicyclic) bond motifs is 2. The fourth-order valence-corrected chi connectivity index (χ4v) is 5.78. The molecule has 2 aromatic rings. The van der Waals surface area contributed by atoms with E-state index < -0.39 is 5.79 Å². The molecule has 0 aromatic carbocycles. The van der Waals surface area contributed by atoms with Crippen LogP contribution in [0.25, 0.3) is 11.2 Å². The highest BCUT2D eigenvalue weighted by Gasteiger charge is 2.56. The summed E-state index contributed by atoms with van der Waals surface area (Å²) in [5.41, 5.74) is 7.24. The van der Waals surface area contributed by atoms with Crippen molar-refractivity contribution in [2.45, 2.75) is 109 Å². The summed E-state index contributed by atoms with van der Waals surface area (Å²) in [5.74, 6) is 0.570. The minimum atomic E-state index is -0.662. The summed E-state index contributed by atoms with van der Waals surface area (Å²) < 4.78 is 21.3. The summed E-state index contributed by atoms with van der Waals surface area (Å²) in [6.45, 7) is 11.6. The largest absolute Gasteiger partial charge is 0.382 e. The maximum atomic E-state index is 8.12. The smallest absolute Gasteiger partial charge is 0.373 e. The van der Waals surface area contributed by atoms with Crippen LogP contribution in [0.3, 0.4) is 0 Å². The van der Waals surface area contributed by atoms with Gasteiger partial charge in [0.2, 0.25) is 0 Å². The number of rotatable bonds is 8. The van der Waals surface area contributed by atoms with Gasteiger partial charge in [-0.3, -0.25) is 9.47 Å². The molecule has 11 nitrogen and oxygen atoms in total. The monoisotopic (exact) mass is 502 g/mol. The zero-order valence-electron chi connectivity index (χ0n) is 21.8. The first kappa shape index (κ1) is 26.6. The number of imidazole rings is 1. The van der Waals surface area contributed by atoms with Crippen LogP contribution in [0.1, 0.15) is 73.0 Å². The normalized spacial score (nSPS) is 30.6. The van der Waals surface area contributed by atoms with E-state index in [1.165, 1.54) is 38.4 Å².